The van der Waals surface area contributed by atoms with Gasteiger partial charge in [-0.05, 0) is 32.2 Å². The van der Waals surface area contributed by atoms with E-state index in [4.69, 9.17) is 5.11 Å². The molecule has 0 aromatic carbocycles. The number of hydrogen-bond acceptors (Lipinski definition) is 2. The van der Waals surface area contributed by atoms with Gasteiger partial charge in [-0.1, -0.05) is 13.8 Å². The zero-order chi connectivity index (χ0) is 10.7. The molecule has 0 aromatic rings. The summed E-state index contributed by atoms with van der Waals surface area (Å²) in [5, 5.41) is 8.84. The third-order valence-corrected chi connectivity index (χ3v) is 3.22. The van der Waals surface area contributed by atoms with E-state index in [-0.39, 0.29) is 5.92 Å². The minimum atomic E-state index is -0.688. The van der Waals surface area contributed by atoms with Crippen molar-refractivity contribution >= 4 is 5.97 Å². The van der Waals surface area contributed by atoms with Crippen LogP contribution in [0.4, 0.5) is 0 Å². The van der Waals surface area contributed by atoms with Crippen molar-refractivity contribution in [2.45, 2.75) is 39.7 Å². The molecule has 1 saturated carbocycles. The topological polar surface area (TPSA) is 40.5 Å². The van der Waals surface area contributed by atoms with E-state index in [1.165, 1.54) is 12.8 Å². The van der Waals surface area contributed by atoms with Crippen LogP contribution in [0.25, 0.3) is 0 Å². The van der Waals surface area contributed by atoms with Crippen LogP contribution in [0.1, 0.15) is 33.6 Å². The van der Waals surface area contributed by atoms with Gasteiger partial charge in [-0.25, -0.2) is 0 Å². The van der Waals surface area contributed by atoms with Crippen molar-refractivity contribution in [1.29, 1.82) is 0 Å². The number of carboxylic acids is 1. The molecule has 0 heterocycles. The van der Waals surface area contributed by atoms with Crippen LogP contribution >= 0.6 is 0 Å². The summed E-state index contributed by atoms with van der Waals surface area (Å²) in [4.78, 5) is 13.0. The Morgan fingerprint density at radius 2 is 2.07 bits per heavy atom. The third kappa shape index (κ3) is 2.98. The fourth-order valence-corrected chi connectivity index (χ4v) is 1.89. The van der Waals surface area contributed by atoms with Gasteiger partial charge in [0.05, 0.1) is 5.92 Å². The molecule has 0 aromatic heterocycles. The van der Waals surface area contributed by atoms with Crippen molar-refractivity contribution in [3.05, 3.63) is 0 Å². The molecule has 1 aliphatic rings. The molecule has 1 fully saturated rings. The summed E-state index contributed by atoms with van der Waals surface area (Å²) in [5.74, 6) is -0.126. The molecule has 0 aliphatic heterocycles. The van der Waals surface area contributed by atoms with Gasteiger partial charge >= 0.3 is 5.97 Å². The monoisotopic (exact) mass is 199 g/mol. The van der Waals surface area contributed by atoms with Gasteiger partial charge in [-0.3, -0.25) is 9.69 Å². The van der Waals surface area contributed by atoms with Gasteiger partial charge in [0.2, 0.25) is 0 Å². The van der Waals surface area contributed by atoms with Crippen LogP contribution in [-0.2, 0) is 4.79 Å². The molecule has 82 valence electrons. The first-order valence-corrected chi connectivity index (χ1v) is 5.53. The SMILES string of the molecule is CCN(CC(C)C(=O)O)C(C)C1CC1. The van der Waals surface area contributed by atoms with Crippen LogP contribution in [0.15, 0.2) is 0 Å². The van der Waals surface area contributed by atoms with E-state index >= 15 is 0 Å². The zero-order valence-electron chi connectivity index (χ0n) is 9.36. The lowest BCUT2D eigenvalue weighted by Gasteiger charge is -2.29. The molecule has 3 nitrogen and oxygen atoms in total. The number of hydrogen-bond donors (Lipinski definition) is 1. The van der Waals surface area contributed by atoms with Crippen molar-refractivity contribution in [2.75, 3.05) is 13.1 Å². The minimum Gasteiger partial charge on any atom is -0.481 e. The minimum absolute atomic E-state index is 0.254. The number of carbonyl (C=O) groups is 1. The van der Waals surface area contributed by atoms with E-state index in [0.717, 1.165) is 12.5 Å². The van der Waals surface area contributed by atoms with Crippen LogP contribution in [0.2, 0.25) is 0 Å². The summed E-state index contributed by atoms with van der Waals surface area (Å²) < 4.78 is 0. The Morgan fingerprint density at radius 1 is 1.50 bits per heavy atom. The highest BCUT2D eigenvalue weighted by atomic mass is 16.4. The van der Waals surface area contributed by atoms with Crippen LogP contribution in [0.3, 0.4) is 0 Å². The first kappa shape index (κ1) is 11.5. The summed E-state index contributed by atoms with van der Waals surface area (Å²) in [7, 11) is 0. The van der Waals surface area contributed by atoms with Gasteiger partial charge in [-0.15, -0.1) is 0 Å². The molecule has 0 saturated heterocycles. The number of aliphatic carboxylic acids is 1. The Hall–Kier alpha value is -0.570. The molecule has 0 bridgehead atoms. The molecule has 3 heteroatoms. The molecule has 1 rings (SSSR count). The molecule has 1 aliphatic carbocycles. The number of nitrogens with zero attached hydrogens (tertiary/aromatic N) is 1. The Balaban J connectivity index is 2.40. The molecule has 0 amide bonds. The van der Waals surface area contributed by atoms with Gasteiger partial charge in [0, 0.05) is 12.6 Å². The van der Waals surface area contributed by atoms with Crippen LogP contribution < -0.4 is 0 Å². The van der Waals surface area contributed by atoms with Gasteiger partial charge in [0.25, 0.3) is 0 Å². The molecular weight excluding hydrogens is 178 g/mol. The number of carboxylic acid groups (broad SMARTS) is 1. The molecule has 1 N–H and O–H groups in total. The summed E-state index contributed by atoms with van der Waals surface area (Å²) in [5.41, 5.74) is 0. The average molecular weight is 199 g/mol. The summed E-state index contributed by atoms with van der Waals surface area (Å²) in [6, 6.07) is 0.557. The first-order valence-electron chi connectivity index (χ1n) is 5.53. The van der Waals surface area contributed by atoms with Crippen LogP contribution in [0.5, 0.6) is 0 Å². The Bertz CT molecular complexity index is 201. The predicted molar refractivity (Wildman–Crippen MR) is 56.2 cm³/mol. The van der Waals surface area contributed by atoms with E-state index in [2.05, 4.69) is 18.7 Å². The van der Waals surface area contributed by atoms with E-state index in [1.807, 2.05) is 0 Å². The highest BCUT2D eigenvalue weighted by Gasteiger charge is 2.32. The normalized spacial score (nSPS) is 20.9. The van der Waals surface area contributed by atoms with Crippen molar-refractivity contribution in [3.8, 4) is 0 Å². The highest BCUT2D eigenvalue weighted by Crippen LogP contribution is 2.35. The highest BCUT2D eigenvalue weighted by molar-refractivity contribution is 5.69. The lowest BCUT2D eigenvalue weighted by Crippen LogP contribution is -2.39. The maximum atomic E-state index is 10.7. The predicted octanol–water partition coefficient (Wildman–Crippen LogP) is 1.83. The summed E-state index contributed by atoms with van der Waals surface area (Å²) in [6.45, 7) is 7.74. The van der Waals surface area contributed by atoms with Crippen molar-refractivity contribution in [2.24, 2.45) is 11.8 Å². The second kappa shape index (κ2) is 4.78. The van der Waals surface area contributed by atoms with E-state index < -0.39 is 5.97 Å². The van der Waals surface area contributed by atoms with E-state index in [9.17, 15) is 4.79 Å². The van der Waals surface area contributed by atoms with Crippen LogP contribution in [0, 0.1) is 11.8 Å². The quantitative estimate of drug-likeness (QED) is 0.709. The maximum Gasteiger partial charge on any atom is 0.307 e. The fraction of sp³-hybridized carbons (Fsp3) is 0.909. The van der Waals surface area contributed by atoms with E-state index in [0.29, 0.717) is 12.6 Å². The second-order valence-corrected chi connectivity index (χ2v) is 4.40. The first-order chi connectivity index (χ1) is 6.56. The largest absolute Gasteiger partial charge is 0.481 e. The Morgan fingerprint density at radius 3 is 2.43 bits per heavy atom. The molecule has 0 spiro atoms. The second-order valence-electron chi connectivity index (χ2n) is 4.40. The van der Waals surface area contributed by atoms with Crippen molar-refractivity contribution < 1.29 is 9.90 Å². The summed E-state index contributed by atoms with van der Waals surface area (Å²) in [6.07, 6.45) is 2.64. The lowest BCUT2D eigenvalue weighted by molar-refractivity contribution is -0.141. The lowest BCUT2D eigenvalue weighted by atomic mass is 10.1. The van der Waals surface area contributed by atoms with Gasteiger partial charge in [0.15, 0.2) is 0 Å². The third-order valence-electron chi connectivity index (χ3n) is 3.22. The fourth-order valence-electron chi connectivity index (χ4n) is 1.89. The van der Waals surface area contributed by atoms with Gasteiger partial charge in [-0.2, -0.15) is 0 Å². The molecule has 14 heavy (non-hydrogen) atoms. The average Bonchev–Trinajstić information content (AvgIpc) is 2.95. The standard InChI is InChI=1S/C11H21NO2/c1-4-12(7-8(2)11(13)14)9(3)10-5-6-10/h8-10H,4-7H2,1-3H3,(H,13,14). The number of rotatable bonds is 6. The smallest absolute Gasteiger partial charge is 0.307 e. The van der Waals surface area contributed by atoms with Crippen molar-refractivity contribution in [3.63, 3.8) is 0 Å². The van der Waals surface area contributed by atoms with Gasteiger partial charge < -0.3 is 5.11 Å². The zero-order valence-corrected chi connectivity index (χ0v) is 9.36. The van der Waals surface area contributed by atoms with E-state index in [1.54, 1.807) is 6.92 Å². The molecule has 2 unspecified atom stereocenters. The van der Waals surface area contributed by atoms with Gasteiger partial charge in [0.1, 0.15) is 0 Å². The van der Waals surface area contributed by atoms with Crippen molar-refractivity contribution in [1.82, 2.24) is 4.90 Å². The molecular formula is C11H21NO2. The summed E-state index contributed by atoms with van der Waals surface area (Å²) >= 11 is 0. The molecule has 2 atom stereocenters. The maximum absolute atomic E-state index is 10.7. The molecule has 0 radical (unpaired) electrons. The Kier molecular flexibility index (Phi) is 3.93. The Labute approximate surface area is 86.1 Å². The van der Waals surface area contributed by atoms with Crippen LogP contribution in [-0.4, -0.2) is 35.1 Å².